The second-order valence-electron chi connectivity index (χ2n) is 21.8. The standard InChI is InChI=1S/C65H114O14/c1-3-5-7-9-11-13-15-17-19-21-23-25-26-27-29-31-33-35-37-39-41-43-45-47-49-74-51-54(52-75-64-63(73)61(71)59(69)56(79-64)53-76-65-62(72)60(70)58(68)55(50-66)78-65)77-57(67)48-46-44-42-40-38-36-34-32-30-28-24-22-20-18-16-14-12-10-8-6-4-2/h5,7,11,13,16-19,22-25,54-56,58-66,68-73H,3-4,6,8-10,12,14-15,20-21,26-53H2,1-2H3/b7-5-,13-11-,18-16-,19-17-,24-22-,25-23-. The maximum atomic E-state index is 13.1. The monoisotopic (exact) mass is 1120 g/mol. The van der Waals surface area contributed by atoms with Gasteiger partial charge in [-0.1, -0.05) is 215 Å². The summed E-state index contributed by atoms with van der Waals surface area (Å²) in [6.07, 6.45) is 49.6. The maximum absolute atomic E-state index is 13.1. The number of aliphatic hydroxyl groups excluding tert-OH is 7. The summed E-state index contributed by atoms with van der Waals surface area (Å²) < 4.78 is 34.5. The molecule has 0 spiro atoms. The third-order valence-corrected chi connectivity index (χ3v) is 14.7. The van der Waals surface area contributed by atoms with E-state index in [1.807, 2.05) is 0 Å². The zero-order valence-electron chi connectivity index (χ0n) is 49.3. The zero-order valence-corrected chi connectivity index (χ0v) is 49.3. The zero-order chi connectivity index (χ0) is 57.2. The van der Waals surface area contributed by atoms with E-state index in [9.17, 15) is 40.5 Å². The molecule has 7 N–H and O–H groups in total. The maximum Gasteiger partial charge on any atom is 0.306 e. The van der Waals surface area contributed by atoms with Gasteiger partial charge < -0.3 is 64.2 Å². The van der Waals surface area contributed by atoms with Gasteiger partial charge in [0, 0.05) is 13.0 Å². The highest BCUT2D eigenvalue weighted by molar-refractivity contribution is 5.69. The first-order valence-corrected chi connectivity index (χ1v) is 31.5. The van der Waals surface area contributed by atoms with Crippen LogP contribution in [0.15, 0.2) is 72.9 Å². The van der Waals surface area contributed by atoms with Gasteiger partial charge in [-0.15, -0.1) is 0 Å². The smallest absolute Gasteiger partial charge is 0.306 e. The van der Waals surface area contributed by atoms with Crippen LogP contribution in [-0.4, -0.2) is 142 Å². The molecule has 2 saturated heterocycles. The quantitative estimate of drug-likeness (QED) is 0.0172. The molecule has 2 rings (SSSR count). The van der Waals surface area contributed by atoms with Gasteiger partial charge in [-0.3, -0.25) is 4.79 Å². The minimum atomic E-state index is -1.71. The highest BCUT2D eigenvalue weighted by Gasteiger charge is 2.47. The van der Waals surface area contributed by atoms with Gasteiger partial charge in [-0.25, -0.2) is 0 Å². The number of hydrogen-bond acceptors (Lipinski definition) is 14. The van der Waals surface area contributed by atoms with E-state index in [2.05, 4.69) is 86.8 Å². The Labute approximate surface area is 478 Å². The summed E-state index contributed by atoms with van der Waals surface area (Å²) in [5, 5.41) is 72.5. The van der Waals surface area contributed by atoms with Crippen LogP contribution in [-0.2, 0) is 33.2 Å². The average molecular weight is 1120 g/mol. The SMILES string of the molecule is CC/C=C\C/C=C\C/C=C\C/C=C\CCCCCCCCCCCCCOCC(COC1OC(COC2OC(CO)C(O)C(O)C2O)C(O)C(O)C1O)OC(=O)CCCCCCCCCCC/C=C\C/C=C\CCCCCCC. The third-order valence-electron chi connectivity index (χ3n) is 14.7. The third kappa shape index (κ3) is 37.3. The molecule has 0 amide bonds. The van der Waals surface area contributed by atoms with Crippen LogP contribution in [0, 0.1) is 0 Å². The number of aliphatic hydroxyl groups is 7. The molecule has 14 nitrogen and oxygen atoms in total. The van der Waals surface area contributed by atoms with Crippen LogP contribution in [0.4, 0.5) is 0 Å². The van der Waals surface area contributed by atoms with Gasteiger partial charge in [0.25, 0.3) is 0 Å². The molecule has 0 aliphatic carbocycles. The Bertz CT molecular complexity index is 1580. The average Bonchev–Trinajstić information content (AvgIpc) is 3.46. The minimum Gasteiger partial charge on any atom is -0.457 e. The predicted octanol–water partition coefficient (Wildman–Crippen LogP) is 12.2. The van der Waals surface area contributed by atoms with E-state index in [4.69, 9.17) is 28.4 Å². The van der Waals surface area contributed by atoms with E-state index in [-0.39, 0.29) is 25.6 Å². The summed E-state index contributed by atoms with van der Waals surface area (Å²) in [6.45, 7) is 3.57. The van der Waals surface area contributed by atoms with E-state index >= 15 is 0 Å². The second kappa shape index (κ2) is 51.1. The van der Waals surface area contributed by atoms with Gasteiger partial charge in [0.1, 0.15) is 54.9 Å². The van der Waals surface area contributed by atoms with Crippen LogP contribution >= 0.6 is 0 Å². The molecule has 11 unspecified atom stereocenters. The van der Waals surface area contributed by atoms with Crippen molar-refractivity contribution in [3.63, 3.8) is 0 Å². The summed E-state index contributed by atoms with van der Waals surface area (Å²) >= 11 is 0. The van der Waals surface area contributed by atoms with Gasteiger partial charge in [0.15, 0.2) is 12.6 Å². The molecular formula is C65H114O14. The van der Waals surface area contributed by atoms with Crippen molar-refractivity contribution in [2.75, 3.05) is 33.0 Å². The number of carbonyl (C=O) groups is 1. The minimum absolute atomic E-state index is 0.0553. The first-order valence-electron chi connectivity index (χ1n) is 31.5. The molecule has 79 heavy (non-hydrogen) atoms. The van der Waals surface area contributed by atoms with E-state index in [0.717, 1.165) is 83.5 Å². The predicted molar refractivity (Wildman–Crippen MR) is 316 cm³/mol. The van der Waals surface area contributed by atoms with E-state index in [1.54, 1.807) is 0 Å². The highest BCUT2D eigenvalue weighted by atomic mass is 16.7. The molecule has 0 saturated carbocycles. The molecule has 14 heteroatoms. The summed E-state index contributed by atoms with van der Waals surface area (Å²) in [7, 11) is 0. The molecule has 0 aromatic rings. The van der Waals surface area contributed by atoms with Gasteiger partial charge in [-0.2, -0.15) is 0 Å². The Morgan fingerprint density at radius 2 is 0.823 bits per heavy atom. The van der Waals surface area contributed by atoms with E-state index in [1.165, 1.54) is 122 Å². The molecule has 458 valence electrons. The number of hydrogen-bond donors (Lipinski definition) is 7. The molecule has 2 aliphatic rings. The van der Waals surface area contributed by atoms with E-state index < -0.39 is 80.7 Å². The van der Waals surface area contributed by atoms with Crippen LogP contribution in [0.5, 0.6) is 0 Å². The van der Waals surface area contributed by atoms with Gasteiger partial charge >= 0.3 is 5.97 Å². The van der Waals surface area contributed by atoms with Crippen molar-refractivity contribution in [2.24, 2.45) is 0 Å². The largest absolute Gasteiger partial charge is 0.457 e. The van der Waals surface area contributed by atoms with Crippen molar-refractivity contribution < 1.29 is 69.0 Å². The number of allylic oxidation sites excluding steroid dienone is 12. The molecule has 0 aromatic carbocycles. The lowest BCUT2D eigenvalue weighted by molar-refractivity contribution is -0.332. The van der Waals surface area contributed by atoms with Crippen molar-refractivity contribution >= 4 is 5.97 Å². The van der Waals surface area contributed by atoms with E-state index in [0.29, 0.717) is 13.0 Å². The fourth-order valence-electron chi connectivity index (χ4n) is 9.66. The Morgan fingerprint density at radius 3 is 1.29 bits per heavy atom. The van der Waals surface area contributed by atoms with Crippen LogP contribution in [0.3, 0.4) is 0 Å². The molecule has 2 fully saturated rings. The van der Waals surface area contributed by atoms with Crippen LogP contribution in [0.1, 0.15) is 232 Å². The van der Waals surface area contributed by atoms with Gasteiger partial charge in [-0.05, 0) is 83.5 Å². The summed E-state index contributed by atoms with van der Waals surface area (Å²) in [5.41, 5.74) is 0. The Morgan fingerprint density at radius 1 is 0.430 bits per heavy atom. The molecular weight excluding hydrogens is 1000 g/mol. The summed E-state index contributed by atoms with van der Waals surface area (Å²) in [4.78, 5) is 13.1. The van der Waals surface area contributed by atoms with Crippen molar-refractivity contribution in [3.05, 3.63) is 72.9 Å². The number of rotatable bonds is 51. The Balaban J connectivity index is 1.68. The lowest BCUT2D eigenvalue weighted by Gasteiger charge is -2.42. The van der Waals surface area contributed by atoms with Gasteiger partial charge in [0.2, 0.25) is 0 Å². The van der Waals surface area contributed by atoms with Crippen molar-refractivity contribution in [2.45, 2.75) is 300 Å². The van der Waals surface area contributed by atoms with Crippen LogP contribution < -0.4 is 0 Å². The molecule has 2 heterocycles. The lowest BCUT2D eigenvalue weighted by atomic mass is 9.98. The number of esters is 1. The first-order chi connectivity index (χ1) is 38.6. The summed E-state index contributed by atoms with van der Waals surface area (Å²) in [5.74, 6) is -0.381. The molecule has 0 radical (unpaired) electrons. The number of ether oxygens (including phenoxy) is 6. The van der Waals surface area contributed by atoms with Crippen LogP contribution in [0.2, 0.25) is 0 Å². The number of carbonyl (C=O) groups excluding carboxylic acids is 1. The summed E-state index contributed by atoms with van der Waals surface area (Å²) in [6, 6.07) is 0. The second-order valence-corrected chi connectivity index (χ2v) is 21.8. The van der Waals surface area contributed by atoms with Crippen molar-refractivity contribution in [3.8, 4) is 0 Å². The fourth-order valence-corrected chi connectivity index (χ4v) is 9.66. The normalized spacial score (nSPS) is 24.5. The van der Waals surface area contributed by atoms with Crippen molar-refractivity contribution in [1.82, 2.24) is 0 Å². The number of unbranched alkanes of at least 4 members (excludes halogenated alkanes) is 25. The topological polar surface area (TPSA) is 214 Å². The first kappa shape index (κ1) is 72.5. The Hall–Kier alpha value is -2.57. The Kier molecular flexibility index (Phi) is 46.9. The van der Waals surface area contributed by atoms with Gasteiger partial charge in [0.05, 0.1) is 26.4 Å². The molecule has 0 aromatic heterocycles. The highest BCUT2D eigenvalue weighted by Crippen LogP contribution is 2.27. The van der Waals surface area contributed by atoms with Crippen molar-refractivity contribution in [1.29, 1.82) is 0 Å². The lowest BCUT2D eigenvalue weighted by Crippen LogP contribution is -2.61. The molecule has 0 bridgehead atoms. The van der Waals surface area contributed by atoms with Crippen LogP contribution in [0.25, 0.3) is 0 Å². The fraction of sp³-hybridized carbons (Fsp3) is 0.800. The molecule has 11 atom stereocenters. The molecule has 2 aliphatic heterocycles.